The van der Waals surface area contributed by atoms with Gasteiger partial charge in [-0.1, -0.05) is 0 Å². The summed E-state index contributed by atoms with van der Waals surface area (Å²) in [5, 5.41) is 10.0. The van der Waals surface area contributed by atoms with Gasteiger partial charge in [-0.05, 0) is 25.1 Å². The van der Waals surface area contributed by atoms with Crippen LogP contribution in [0.5, 0.6) is 0 Å². The summed E-state index contributed by atoms with van der Waals surface area (Å²) in [6, 6.07) is 0. The van der Waals surface area contributed by atoms with E-state index in [-0.39, 0.29) is 18.4 Å². The number of hydrogen-bond donors (Lipinski definition) is 1. The van der Waals surface area contributed by atoms with Crippen LogP contribution < -0.4 is 10.6 Å². The standard InChI is InChI=1S/C21H30N10O2S/c1-27-19-16(11-25-27)20(24-13-23-19)29-8-6-28(7-9-29)14-31-21(34)30(12-15-3-2-10-33-15)18(26-31)5-4-17(22)32/h11,13,15H,2-10,12,14H2,1H3,(H2,22,32). The zero-order valence-corrected chi connectivity index (χ0v) is 20.2. The van der Waals surface area contributed by atoms with E-state index in [4.69, 9.17) is 27.8 Å². The number of nitrogens with two attached hydrogens (primary N) is 1. The Bertz CT molecular complexity index is 1220. The molecule has 2 aliphatic heterocycles. The number of piperazine rings is 1. The number of primary amides is 1. The fraction of sp³-hybridized carbons (Fsp3) is 0.619. The highest BCUT2D eigenvalue weighted by Gasteiger charge is 2.24. The van der Waals surface area contributed by atoms with E-state index in [1.807, 2.05) is 22.5 Å². The third-order valence-electron chi connectivity index (χ3n) is 6.52. The van der Waals surface area contributed by atoms with E-state index in [1.165, 1.54) is 0 Å². The monoisotopic (exact) mass is 486 g/mol. The summed E-state index contributed by atoms with van der Waals surface area (Å²) in [5.41, 5.74) is 6.22. The van der Waals surface area contributed by atoms with Crippen molar-refractivity contribution in [1.82, 2.24) is 39.0 Å². The number of hydrogen-bond acceptors (Lipinski definition) is 9. The van der Waals surface area contributed by atoms with Crippen LogP contribution in [0.3, 0.4) is 0 Å². The molecule has 12 nitrogen and oxygen atoms in total. The number of anilines is 1. The lowest BCUT2D eigenvalue weighted by molar-refractivity contribution is -0.118. The minimum atomic E-state index is -0.340. The molecule has 2 saturated heterocycles. The lowest BCUT2D eigenvalue weighted by Gasteiger charge is -2.35. The van der Waals surface area contributed by atoms with E-state index in [0.717, 1.165) is 68.3 Å². The number of ether oxygens (including phenoxy) is 1. The molecule has 2 fully saturated rings. The fourth-order valence-electron chi connectivity index (χ4n) is 4.67. The number of rotatable bonds is 8. The van der Waals surface area contributed by atoms with Crippen LogP contribution >= 0.6 is 12.2 Å². The van der Waals surface area contributed by atoms with Crippen LogP contribution in [0.2, 0.25) is 0 Å². The Morgan fingerprint density at radius 2 is 2.09 bits per heavy atom. The molecule has 2 aliphatic rings. The molecule has 1 atom stereocenters. The molecule has 182 valence electrons. The van der Waals surface area contributed by atoms with Gasteiger partial charge in [0.1, 0.15) is 18.0 Å². The SMILES string of the molecule is Cn1ncc2c(N3CCN(Cn4nc(CCC(N)=O)n(CC5CCCO5)c4=S)CC3)ncnc21. The van der Waals surface area contributed by atoms with Crippen LogP contribution in [0, 0.1) is 4.77 Å². The van der Waals surface area contributed by atoms with Crippen molar-refractivity contribution < 1.29 is 9.53 Å². The number of aromatic nitrogens is 7. The van der Waals surface area contributed by atoms with Gasteiger partial charge in [0.25, 0.3) is 0 Å². The zero-order valence-electron chi connectivity index (χ0n) is 19.3. The van der Waals surface area contributed by atoms with Crippen molar-refractivity contribution in [2.24, 2.45) is 12.8 Å². The average Bonchev–Trinajstić information content (AvgIpc) is 3.55. The first-order chi connectivity index (χ1) is 16.5. The van der Waals surface area contributed by atoms with Crippen molar-refractivity contribution >= 4 is 35.0 Å². The van der Waals surface area contributed by atoms with E-state index in [2.05, 4.69) is 24.9 Å². The highest BCUT2D eigenvalue weighted by Crippen LogP contribution is 2.23. The number of aryl methyl sites for hydroxylation is 2. The van der Waals surface area contributed by atoms with Gasteiger partial charge in [0.2, 0.25) is 5.91 Å². The Balaban J connectivity index is 1.28. The molecular weight excluding hydrogens is 456 g/mol. The van der Waals surface area contributed by atoms with Crippen molar-refractivity contribution in [3.63, 3.8) is 0 Å². The largest absolute Gasteiger partial charge is 0.376 e. The summed E-state index contributed by atoms with van der Waals surface area (Å²) in [6.07, 6.45) is 6.35. The summed E-state index contributed by atoms with van der Waals surface area (Å²) in [5.74, 6) is 1.37. The molecule has 3 aromatic rings. The van der Waals surface area contributed by atoms with Crippen molar-refractivity contribution in [1.29, 1.82) is 0 Å². The van der Waals surface area contributed by atoms with Crippen LogP contribution in [0.25, 0.3) is 11.0 Å². The molecule has 0 radical (unpaired) electrons. The van der Waals surface area contributed by atoms with Crippen LogP contribution in [0.1, 0.15) is 25.1 Å². The summed E-state index contributed by atoms with van der Waals surface area (Å²) < 4.78 is 12.1. The predicted octanol–water partition coefficient (Wildman–Crippen LogP) is 0.467. The third kappa shape index (κ3) is 4.68. The van der Waals surface area contributed by atoms with Crippen molar-refractivity contribution in [3.8, 4) is 0 Å². The lowest BCUT2D eigenvalue weighted by atomic mass is 10.2. The second kappa shape index (κ2) is 9.76. The first-order valence-electron chi connectivity index (χ1n) is 11.7. The molecule has 3 aromatic heterocycles. The fourth-order valence-corrected chi connectivity index (χ4v) is 4.94. The molecule has 5 heterocycles. The maximum atomic E-state index is 11.4. The summed E-state index contributed by atoms with van der Waals surface area (Å²) in [6.45, 7) is 5.41. The Hall–Kier alpha value is -2.90. The summed E-state index contributed by atoms with van der Waals surface area (Å²) >= 11 is 5.78. The number of nitrogens with zero attached hydrogens (tertiary/aromatic N) is 9. The summed E-state index contributed by atoms with van der Waals surface area (Å²) in [7, 11) is 1.89. The van der Waals surface area contributed by atoms with Gasteiger partial charge in [0.15, 0.2) is 10.4 Å². The van der Waals surface area contributed by atoms with E-state index in [1.54, 1.807) is 11.0 Å². The van der Waals surface area contributed by atoms with Crippen molar-refractivity contribution in [2.45, 2.75) is 45.0 Å². The van der Waals surface area contributed by atoms with Gasteiger partial charge < -0.3 is 19.9 Å². The average molecular weight is 487 g/mol. The molecule has 13 heteroatoms. The molecule has 2 N–H and O–H groups in total. The Kier molecular flexibility index (Phi) is 6.57. The molecule has 0 bridgehead atoms. The second-order valence-corrected chi connectivity index (χ2v) is 9.22. The highest BCUT2D eigenvalue weighted by atomic mass is 32.1. The van der Waals surface area contributed by atoms with E-state index in [9.17, 15) is 4.79 Å². The van der Waals surface area contributed by atoms with Gasteiger partial charge in [-0.15, -0.1) is 0 Å². The number of fused-ring (bicyclic) bond motifs is 1. The van der Waals surface area contributed by atoms with E-state index < -0.39 is 0 Å². The maximum Gasteiger partial charge on any atom is 0.217 e. The normalized spacial score (nSPS) is 19.3. The van der Waals surface area contributed by atoms with Crippen molar-refractivity contribution in [2.75, 3.05) is 37.7 Å². The number of amides is 1. The second-order valence-electron chi connectivity index (χ2n) is 8.86. The Morgan fingerprint density at radius 3 is 2.82 bits per heavy atom. The van der Waals surface area contributed by atoms with E-state index in [0.29, 0.717) is 24.4 Å². The van der Waals surface area contributed by atoms with Crippen molar-refractivity contribution in [3.05, 3.63) is 23.1 Å². The smallest absolute Gasteiger partial charge is 0.217 e. The number of carbonyl (C=O) groups excluding carboxylic acids is 1. The minimum absolute atomic E-state index is 0.136. The zero-order chi connectivity index (χ0) is 23.7. The lowest BCUT2D eigenvalue weighted by Crippen LogP contribution is -2.47. The molecule has 0 saturated carbocycles. The van der Waals surface area contributed by atoms with Gasteiger partial charge in [-0.2, -0.15) is 10.2 Å². The maximum absolute atomic E-state index is 11.4. The van der Waals surface area contributed by atoms with Crippen LogP contribution in [-0.2, 0) is 36.2 Å². The first-order valence-corrected chi connectivity index (χ1v) is 12.1. The van der Waals surface area contributed by atoms with Crippen LogP contribution in [0.15, 0.2) is 12.5 Å². The Labute approximate surface area is 202 Å². The van der Waals surface area contributed by atoms with E-state index >= 15 is 0 Å². The molecule has 5 rings (SSSR count). The third-order valence-corrected chi connectivity index (χ3v) is 6.95. The summed E-state index contributed by atoms with van der Waals surface area (Å²) in [4.78, 5) is 24.8. The van der Waals surface area contributed by atoms with Crippen LogP contribution in [-0.4, -0.2) is 83.8 Å². The number of carbonyl (C=O) groups is 1. The highest BCUT2D eigenvalue weighted by molar-refractivity contribution is 7.71. The first kappa shape index (κ1) is 22.9. The quantitative estimate of drug-likeness (QED) is 0.452. The topological polar surface area (TPSA) is 125 Å². The van der Waals surface area contributed by atoms with Gasteiger partial charge in [-0.25, -0.2) is 14.6 Å². The van der Waals surface area contributed by atoms with Gasteiger partial charge >= 0.3 is 0 Å². The molecule has 1 unspecified atom stereocenters. The van der Waals surface area contributed by atoms with Crippen LogP contribution in [0.4, 0.5) is 5.82 Å². The van der Waals surface area contributed by atoms with Gasteiger partial charge in [0.05, 0.1) is 30.9 Å². The van der Waals surface area contributed by atoms with Gasteiger partial charge in [0, 0.05) is 52.7 Å². The van der Waals surface area contributed by atoms with Gasteiger partial charge in [-0.3, -0.25) is 14.4 Å². The molecule has 0 spiro atoms. The molecule has 1 amide bonds. The molecular formula is C21H30N10O2S. The predicted molar refractivity (Wildman–Crippen MR) is 128 cm³/mol. The molecule has 34 heavy (non-hydrogen) atoms. The Morgan fingerprint density at radius 1 is 1.26 bits per heavy atom. The molecule has 0 aromatic carbocycles. The minimum Gasteiger partial charge on any atom is -0.376 e. The molecule has 0 aliphatic carbocycles.